The van der Waals surface area contributed by atoms with E-state index in [1.54, 1.807) is 6.20 Å². The van der Waals surface area contributed by atoms with Crippen LogP contribution in [0.15, 0.2) is 34.9 Å². The fraction of sp³-hybridized carbons (Fsp3) is 0.375. The molecular formula is C16H20BrClN4O. The van der Waals surface area contributed by atoms with Crippen molar-refractivity contribution in [2.24, 2.45) is 0 Å². The standard InChI is InChI=1S/C16H19BrN4O.ClH/c1-2-15-14(16(22)20-12-7-8-18-9-12)10-19-21(15)13-5-3-11(17)4-6-13;/h3-6,10,12,18H,2,7-9H2,1H3,(H,20,22);1H. The second-order valence-electron chi connectivity index (χ2n) is 5.41. The summed E-state index contributed by atoms with van der Waals surface area (Å²) in [6.07, 6.45) is 3.40. The molecule has 1 saturated heterocycles. The Labute approximate surface area is 150 Å². The third kappa shape index (κ3) is 3.94. The average molecular weight is 400 g/mol. The number of hydrogen-bond acceptors (Lipinski definition) is 3. The van der Waals surface area contributed by atoms with Crippen LogP contribution in [0.2, 0.25) is 0 Å². The highest BCUT2D eigenvalue weighted by Gasteiger charge is 2.21. The average Bonchev–Trinajstić information content (AvgIpc) is 3.16. The van der Waals surface area contributed by atoms with Gasteiger partial charge in [0, 0.05) is 17.1 Å². The monoisotopic (exact) mass is 398 g/mol. The Morgan fingerprint density at radius 2 is 2.17 bits per heavy atom. The Balaban J connectivity index is 0.00000192. The molecule has 1 aliphatic heterocycles. The van der Waals surface area contributed by atoms with E-state index in [9.17, 15) is 4.79 Å². The van der Waals surface area contributed by atoms with Gasteiger partial charge in [0.25, 0.3) is 5.91 Å². The molecule has 0 spiro atoms. The molecular weight excluding hydrogens is 380 g/mol. The smallest absolute Gasteiger partial charge is 0.255 e. The fourth-order valence-corrected chi connectivity index (χ4v) is 3.01. The predicted molar refractivity (Wildman–Crippen MR) is 96.6 cm³/mol. The van der Waals surface area contributed by atoms with Crippen molar-refractivity contribution in [3.63, 3.8) is 0 Å². The summed E-state index contributed by atoms with van der Waals surface area (Å²) in [4.78, 5) is 12.5. The van der Waals surface area contributed by atoms with Crippen LogP contribution in [-0.4, -0.2) is 34.8 Å². The molecule has 1 aliphatic rings. The van der Waals surface area contributed by atoms with E-state index < -0.39 is 0 Å². The molecule has 5 nitrogen and oxygen atoms in total. The van der Waals surface area contributed by atoms with Crippen molar-refractivity contribution in [3.8, 4) is 5.69 Å². The van der Waals surface area contributed by atoms with E-state index in [1.165, 1.54) is 0 Å². The van der Waals surface area contributed by atoms with Gasteiger partial charge in [-0.3, -0.25) is 4.79 Å². The maximum atomic E-state index is 12.5. The van der Waals surface area contributed by atoms with Crippen LogP contribution >= 0.6 is 28.3 Å². The number of carbonyl (C=O) groups excluding carboxylic acids is 1. The van der Waals surface area contributed by atoms with E-state index in [-0.39, 0.29) is 24.4 Å². The SMILES string of the molecule is CCc1c(C(=O)NC2CCNC2)cnn1-c1ccc(Br)cc1.Cl. The van der Waals surface area contributed by atoms with Gasteiger partial charge in [0.05, 0.1) is 23.1 Å². The van der Waals surface area contributed by atoms with Gasteiger partial charge in [-0.25, -0.2) is 4.68 Å². The lowest BCUT2D eigenvalue weighted by atomic mass is 10.1. The van der Waals surface area contributed by atoms with Gasteiger partial charge in [0.15, 0.2) is 0 Å². The molecule has 2 N–H and O–H groups in total. The second kappa shape index (κ2) is 7.95. The van der Waals surface area contributed by atoms with Crippen LogP contribution in [0.3, 0.4) is 0 Å². The van der Waals surface area contributed by atoms with Crippen LogP contribution in [0.4, 0.5) is 0 Å². The van der Waals surface area contributed by atoms with Crippen LogP contribution in [0.5, 0.6) is 0 Å². The molecule has 0 radical (unpaired) electrons. The molecule has 23 heavy (non-hydrogen) atoms. The molecule has 1 aromatic carbocycles. The highest BCUT2D eigenvalue weighted by atomic mass is 79.9. The van der Waals surface area contributed by atoms with E-state index in [2.05, 4.69) is 31.7 Å². The largest absolute Gasteiger partial charge is 0.348 e. The van der Waals surface area contributed by atoms with E-state index in [0.29, 0.717) is 5.56 Å². The predicted octanol–water partition coefficient (Wildman–Crippen LogP) is 2.71. The topological polar surface area (TPSA) is 59.0 Å². The number of rotatable bonds is 4. The Bertz CT molecular complexity index is 665. The Kier molecular flexibility index (Phi) is 6.21. The summed E-state index contributed by atoms with van der Waals surface area (Å²) in [6.45, 7) is 3.85. The Morgan fingerprint density at radius 1 is 1.43 bits per heavy atom. The van der Waals surface area contributed by atoms with Crippen molar-refractivity contribution in [1.82, 2.24) is 20.4 Å². The molecule has 1 fully saturated rings. The van der Waals surface area contributed by atoms with Crippen molar-refractivity contribution in [2.75, 3.05) is 13.1 Å². The molecule has 2 heterocycles. The molecule has 0 aliphatic carbocycles. The van der Waals surface area contributed by atoms with Crippen LogP contribution < -0.4 is 10.6 Å². The summed E-state index contributed by atoms with van der Waals surface area (Å²) in [5, 5.41) is 10.7. The van der Waals surface area contributed by atoms with Gasteiger partial charge in [-0.2, -0.15) is 5.10 Å². The van der Waals surface area contributed by atoms with Crippen LogP contribution in [-0.2, 0) is 6.42 Å². The third-order valence-corrected chi connectivity index (χ3v) is 4.44. The molecule has 0 bridgehead atoms. The zero-order chi connectivity index (χ0) is 15.5. The van der Waals surface area contributed by atoms with E-state index in [0.717, 1.165) is 41.8 Å². The lowest BCUT2D eigenvalue weighted by Gasteiger charge is -2.12. The van der Waals surface area contributed by atoms with E-state index in [1.807, 2.05) is 35.9 Å². The summed E-state index contributed by atoms with van der Waals surface area (Å²) in [5.41, 5.74) is 2.56. The first-order valence-corrected chi connectivity index (χ1v) is 8.32. The minimum Gasteiger partial charge on any atom is -0.348 e. The van der Waals surface area contributed by atoms with Crippen molar-refractivity contribution < 1.29 is 4.79 Å². The van der Waals surface area contributed by atoms with E-state index in [4.69, 9.17) is 0 Å². The maximum Gasteiger partial charge on any atom is 0.255 e. The van der Waals surface area contributed by atoms with Gasteiger partial charge in [-0.05, 0) is 43.7 Å². The number of nitrogens with zero attached hydrogens (tertiary/aromatic N) is 2. The van der Waals surface area contributed by atoms with Gasteiger partial charge in [0.1, 0.15) is 0 Å². The molecule has 2 aromatic rings. The van der Waals surface area contributed by atoms with Gasteiger partial charge in [-0.15, -0.1) is 12.4 Å². The molecule has 1 atom stereocenters. The van der Waals surface area contributed by atoms with Gasteiger partial charge < -0.3 is 10.6 Å². The molecule has 3 rings (SSSR count). The summed E-state index contributed by atoms with van der Waals surface area (Å²) in [5.74, 6) is -0.0334. The first-order valence-electron chi connectivity index (χ1n) is 7.53. The lowest BCUT2D eigenvalue weighted by Crippen LogP contribution is -2.36. The molecule has 0 saturated carbocycles. The van der Waals surface area contributed by atoms with Crippen molar-refractivity contribution in [2.45, 2.75) is 25.8 Å². The first-order chi connectivity index (χ1) is 10.7. The summed E-state index contributed by atoms with van der Waals surface area (Å²) < 4.78 is 2.86. The van der Waals surface area contributed by atoms with Crippen LogP contribution in [0.25, 0.3) is 5.69 Å². The lowest BCUT2D eigenvalue weighted by molar-refractivity contribution is 0.0939. The molecule has 1 aromatic heterocycles. The highest BCUT2D eigenvalue weighted by Crippen LogP contribution is 2.18. The number of amides is 1. The Hall–Kier alpha value is -1.37. The van der Waals surface area contributed by atoms with Gasteiger partial charge in [-0.1, -0.05) is 22.9 Å². The minimum absolute atomic E-state index is 0. The fourth-order valence-electron chi connectivity index (χ4n) is 2.75. The number of nitrogens with one attached hydrogen (secondary N) is 2. The maximum absolute atomic E-state index is 12.5. The highest BCUT2D eigenvalue weighted by molar-refractivity contribution is 9.10. The summed E-state index contributed by atoms with van der Waals surface area (Å²) in [6, 6.07) is 8.13. The Morgan fingerprint density at radius 3 is 2.78 bits per heavy atom. The van der Waals surface area contributed by atoms with E-state index >= 15 is 0 Å². The summed E-state index contributed by atoms with van der Waals surface area (Å²) >= 11 is 3.43. The molecule has 1 unspecified atom stereocenters. The minimum atomic E-state index is -0.0334. The zero-order valence-electron chi connectivity index (χ0n) is 12.9. The van der Waals surface area contributed by atoms with Crippen molar-refractivity contribution in [3.05, 3.63) is 46.2 Å². The number of benzene rings is 1. The van der Waals surface area contributed by atoms with Crippen LogP contribution in [0, 0.1) is 0 Å². The third-order valence-electron chi connectivity index (χ3n) is 3.92. The van der Waals surface area contributed by atoms with Gasteiger partial charge >= 0.3 is 0 Å². The normalized spacial score (nSPS) is 16.9. The summed E-state index contributed by atoms with van der Waals surface area (Å²) in [7, 11) is 0. The second-order valence-corrected chi connectivity index (χ2v) is 6.33. The number of halogens is 2. The number of carbonyl (C=O) groups is 1. The molecule has 7 heteroatoms. The first kappa shape index (κ1) is 18.0. The van der Waals surface area contributed by atoms with Crippen LogP contribution in [0.1, 0.15) is 29.4 Å². The molecule has 124 valence electrons. The van der Waals surface area contributed by atoms with Crippen molar-refractivity contribution in [1.29, 1.82) is 0 Å². The molecule has 1 amide bonds. The van der Waals surface area contributed by atoms with Crippen molar-refractivity contribution >= 4 is 34.2 Å². The number of aromatic nitrogens is 2. The van der Waals surface area contributed by atoms with Gasteiger partial charge in [0.2, 0.25) is 0 Å². The zero-order valence-corrected chi connectivity index (χ0v) is 15.3. The number of hydrogen-bond donors (Lipinski definition) is 2. The quantitative estimate of drug-likeness (QED) is 0.831.